The topological polar surface area (TPSA) is 79.4 Å². The molecule has 0 N–H and O–H groups in total. The number of nitrogens with zero attached hydrogens (tertiary/aromatic N) is 3. The fourth-order valence-electron chi connectivity index (χ4n) is 4.15. The van der Waals surface area contributed by atoms with Crippen molar-refractivity contribution in [1.82, 2.24) is 9.80 Å². The van der Waals surface area contributed by atoms with Crippen LogP contribution in [0, 0.1) is 0 Å². The van der Waals surface area contributed by atoms with Crippen LogP contribution in [0.1, 0.15) is 34.6 Å². The van der Waals surface area contributed by atoms with Gasteiger partial charge in [-0.25, -0.2) is 0 Å². The molecule has 1 fully saturated rings. The van der Waals surface area contributed by atoms with Crippen molar-refractivity contribution in [3.05, 3.63) is 53.6 Å². The van der Waals surface area contributed by atoms with Crippen LogP contribution in [0.4, 0.5) is 5.69 Å². The molecule has 0 spiro atoms. The van der Waals surface area contributed by atoms with E-state index in [4.69, 9.17) is 9.47 Å². The number of hydrogen-bond acceptors (Lipinski definition) is 6. The van der Waals surface area contributed by atoms with Crippen LogP contribution < -0.4 is 14.4 Å². The van der Waals surface area contributed by atoms with Crippen molar-refractivity contribution in [3.8, 4) is 11.5 Å². The summed E-state index contributed by atoms with van der Waals surface area (Å²) in [5, 5.41) is 0. The minimum Gasteiger partial charge on any atom is -0.497 e. The van der Waals surface area contributed by atoms with Crippen LogP contribution in [0.25, 0.3) is 0 Å². The van der Waals surface area contributed by atoms with Gasteiger partial charge in [-0.1, -0.05) is 0 Å². The smallest absolute Gasteiger partial charge is 0.265 e. The van der Waals surface area contributed by atoms with Crippen molar-refractivity contribution in [1.29, 1.82) is 0 Å². The van der Waals surface area contributed by atoms with Crippen LogP contribution >= 0.6 is 0 Å². The number of carbonyl (C=O) groups is 3. The van der Waals surface area contributed by atoms with E-state index in [-0.39, 0.29) is 30.7 Å². The van der Waals surface area contributed by atoms with Crippen molar-refractivity contribution >= 4 is 23.3 Å². The van der Waals surface area contributed by atoms with Crippen molar-refractivity contribution in [2.45, 2.75) is 19.9 Å². The first-order valence-corrected chi connectivity index (χ1v) is 11.1. The standard InChI is InChI=1S/C25H29N3O5/c1-17(2)26-10-12-27(13-11-26)25(31)19-6-9-21-23(14-19)33-16-24(30)28(21)15-22(29)18-4-7-20(32-3)8-5-18/h4-9,14,17H,10-13,15-16H2,1-3H3. The molecule has 0 saturated carbocycles. The lowest BCUT2D eigenvalue weighted by Crippen LogP contribution is -2.50. The maximum Gasteiger partial charge on any atom is 0.265 e. The van der Waals surface area contributed by atoms with Crippen LogP contribution in [0.2, 0.25) is 0 Å². The Morgan fingerprint density at radius 2 is 1.67 bits per heavy atom. The third-order valence-corrected chi connectivity index (χ3v) is 6.20. The number of amides is 2. The molecule has 0 bridgehead atoms. The highest BCUT2D eigenvalue weighted by atomic mass is 16.5. The lowest BCUT2D eigenvalue weighted by molar-refractivity contribution is -0.121. The summed E-state index contributed by atoms with van der Waals surface area (Å²) in [5.41, 5.74) is 1.50. The molecule has 174 valence electrons. The minimum atomic E-state index is -0.298. The molecular formula is C25H29N3O5. The predicted molar refractivity (Wildman–Crippen MR) is 124 cm³/mol. The van der Waals surface area contributed by atoms with Gasteiger partial charge in [0.1, 0.15) is 11.5 Å². The zero-order valence-electron chi connectivity index (χ0n) is 19.2. The first-order valence-electron chi connectivity index (χ1n) is 11.1. The number of hydrogen-bond donors (Lipinski definition) is 0. The highest BCUT2D eigenvalue weighted by molar-refractivity contribution is 6.07. The zero-order chi connectivity index (χ0) is 23.5. The van der Waals surface area contributed by atoms with E-state index in [1.54, 1.807) is 49.6 Å². The van der Waals surface area contributed by atoms with Gasteiger partial charge in [0.05, 0.1) is 19.3 Å². The lowest BCUT2D eigenvalue weighted by Gasteiger charge is -2.37. The van der Waals surface area contributed by atoms with Gasteiger partial charge >= 0.3 is 0 Å². The normalized spacial score (nSPS) is 16.4. The van der Waals surface area contributed by atoms with Crippen LogP contribution in [0.5, 0.6) is 11.5 Å². The van der Waals surface area contributed by atoms with Crippen LogP contribution in [-0.4, -0.2) is 79.9 Å². The van der Waals surface area contributed by atoms with Gasteiger partial charge in [-0.3, -0.25) is 24.2 Å². The number of methoxy groups -OCH3 is 1. The molecule has 0 radical (unpaired) electrons. The Hall–Kier alpha value is -3.39. The first kappa shape index (κ1) is 22.8. The number of ketones is 1. The fraction of sp³-hybridized carbons (Fsp3) is 0.400. The molecule has 8 heteroatoms. The SMILES string of the molecule is COc1ccc(C(=O)CN2C(=O)COc3cc(C(=O)N4CCN(C(C)C)CC4)ccc32)cc1. The third kappa shape index (κ3) is 4.85. The van der Waals surface area contributed by atoms with Crippen molar-refractivity contribution in [3.63, 3.8) is 0 Å². The molecule has 8 nitrogen and oxygen atoms in total. The summed E-state index contributed by atoms with van der Waals surface area (Å²) in [7, 11) is 1.56. The van der Waals surface area contributed by atoms with Crippen molar-refractivity contribution in [2.75, 3.05) is 51.3 Å². The Bertz CT molecular complexity index is 1040. The molecule has 1 saturated heterocycles. The number of ether oxygens (including phenoxy) is 2. The van der Waals surface area contributed by atoms with Gasteiger partial charge in [-0.15, -0.1) is 0 Å². The van der Waals surface area contributed by atoms with Gasteiger partial charge in [0.25, 0.3) is 11.8 Å². The minimum absolute atomic E-state index is 0.0532. The van der Waals surface area contributed by atoms with Gasteiger partial charge in [0.15, 0.2) is 12.4 Å². The molecule has 2 aromatic carbocycles. The molecule has 2 amide bonds. The van der Waals surface area contributed by atoms with Gasteiger partial charge in [0.2, 0.25) is 0 Å². The summed E-state index contributed by atoms with van der Waals surface area (Å²) in [4.78, 5) is 44.0. The van der Waals surface area contributed by atoms with E-state index in [0.717, 1.165) is 13.1 Å². The molecular weight excluding hydrogens is 422 g/mol. The highest BCUT2D eigenvalue weighted by Gasteiger charge is 2.30. The Morgan fingerprint density at radius 1 is 1.00 bits per heavy atom. The predicted octanol–water partition coefficient (Wildman–Crippen LogP) is 2.47. The van der Waals surface area contributed by atoms with E-state index < -0.39 is 0 Å². The molecule has 0 unspecified atom stereocenters. The van der Waals surface area contributed by atoms with E-state index >= 15 is 0 Å². The first-order chi connectivity index (χ1) is 15.9. The number of piperazine rings is 1. The molecule has 2 aliphatic rings. The number of Topliss-reactive ketones (excluding diaryl/α,β-unsaturated/α-hetero) is 1. The largest absolute Gasteiger partial charge is 0.497 e. The Balaban J connectivity index is 1.48. The van der Waals surface area contributed by atoms with Crippen LogP contribution in [-0.2, 0) is 4.79 Å². The van der Waals surface area contributed by atoms with Crippen molar-refractivity contribution < 1.29 is 23.9 Å². The molecule has 4 rings (SSSR count). The zero-order valence-corrected chi connectivity index (χ0v) is 19.2. The highest BCUT2D eigenvalue weighted by Crippen LogP contribution is 2.33. The number of rotatable bonds is 6. The maximum absolute atomic E-state index is 13.0. The molecule has 33 heavy (non-hydrogen) atoms. The number of fused-ring (bicyclic) bond motifs is 1. The summed E-state index contributed by atoms with van der Waals surface area (Å²) >= 11 is 0. The average Bonchev–Trinajstić information content (AvgIpc) is 2.85. The fourth-order valence-corrected chi connectivity index (χ4v) is 4.15. The molecule has 0 aliphatic carbocycles. The third-order valence-electron chi connectivity index (χ3n) is 6.20. The quantitative estimate of drug-likeness (QED) is 0.628. The molecule has 0 aromatic heterocycles. The number of benzene rings is 2. The second kappa shape index (κ2) is 9.62. The Labute approximate surface area is 193 Å². The summed E-state index contributed by atoms with van der Waals surface area (Å²) in [6, 6.07) is 12.3. The maximum atomic E-state index is 13.0. The molecule has 2 heterocycles. The van der Waals surface area contributed by atoms with E-state index in [1.807, 2.05) is 4.90 Å². The molecule has 2 aromatic rings. The van der Waals surface area contributed by atoms with Gasteiger partial charge in [0, 0.05) is 43.3 Å². The summed E-state index contributed by atoms with van der Waals surface area (Å²) in [6.45, 7) is 7.09. The second-order valence-corrected chi connectivity index (χ2v) is 8.52. The van der Waals surface area contributed by atoms with Gasteiger partial charge in [-0.2, -0.15) is 0 Å². The van der Waals surface area contributed by atoms with E-state index in [9.17, 15) is 14.4 Å². The van der Waals surface area contributed by atoms with Gasteiger partial charge < -0.3 is 14.4 Å². The van der Waals surface area contributed by atoms with E-state index in [0.29, 0.717) is 47.4 Å². The summed E-state index contributed by atoms with van der Waals surface area (Å²) in [6.07, 6.45) is 0. The molecule has 2 aliphatic heterocycles. The van der Waals surface area contributed by atoms with Crippen LogP contribution in [0.15, 0.2) is 42.5 Å². The lowest BCUT2D eigenvalue weighted by atomic mass is 10.1. The Kier molecular flexibility index (Phi) is 6.65. The monoisotopic (exact) mass is 451 g/mol. The number of anilines is 1. The summed E-state index contributed by atoms with van der Waals surface area (Å²) < 4.78 is 10.7. The molecule has 0 atom stereocenters. The second-order valence-electron chi connectivity index (χ2n) is 8.52. The summed E-state index contributed by atoms with van der Waals surface area (Å²) in [5.74, 6) is 0.545. The number of carbonyl (C=O) groups excluding carboxylic acids is 3. The van der Waals surface area contributed by atoms with E-state index in [2.05, 4.69) is 18.7 Å². The van der Waals surface area contributed by atoms with Gasteiger partial charge in [-0.05, 0) is 56.3 Å². The Morgan fingerprint density at radius 3 is 2.30 bits per heavy atom. The van der Waals surface area contributed by atoms with Crippen molar-refractivity contribution in [2.24, 2.45) is 0 Å². The van der Waals surface area contributed by atoms with Crippen LogP contribution in [0.3, 0.4) is 0 Å². The average molecular weight is 452 g/mol. The van der Waals surface area contributed by atoms with E-state index in [1.165, 1.54) is 4.90 Å².